The van der Waals surface area contributed by atoms with E-state index in [1.54, 1.807) is 13.0 Å². The molecule has 1 aliphatic carbocycles. The minimum Gasteiger partial charge on any atom is -0.493 e. The first-order valence-electron chi connectivity index (χ1n) is 8.46. The summed E-state index contributed by atoms with van der Waals surface area (Å²) in [6.07, 6.45) is 2.81. The van der Waals surface area contributed by atoms with Gasteiger partial charge >= 0.3 is 0 Å². The summed E-state index contributed by atoms with van der Waals surface area (Å²) >= 11 is 0. The van der Waals surface area contributed by atoms with E-state index >= 15 is 0 Å². The molecule has 2 heterocycles. The van der Waals surface area contributed by atoms with Crippen molar-refractivity contribution >= 4 is 21.8 Å². The number of hydrogen-bond donors (Lipinski definition) is 1. The summed E-state index contributed by atoms with van der Waals surface area (Å²) in [6, 6.07) is 4.57. The minimum absolute atomic E-state index is 0.000688. The number of carbonyl (C=O) groups is 2. The van der Waals surface area contributed by atoms with Crippen molar-refractivity contribution in [1.82, 2.24) is 9.62 Å². The number of ether oxygens (including phenoxy) is 1. The first-order chi connectivity index (χ1) is 11.8. The second-order valence-electron chi connectivity index (χ2n) is 7.09. The van der Waals surface area contributed by atoms with Crippen LogP contribution in [0, 0.1) is 5.92 Å². The number of sulfonamides is 1. The van der Waals surface area contributed by atoms with Crippen molar-refractivity contribution in [3.8, 4) is 5.75 Å². The smallest absolute Gasteiger partial charge is 0.264 e. The van der Waals surface area contributed by atoms with Gasteiger partial charge in [-0.3, -0.25) is 9.59 Å². The number of amides is 2. The maximum atomic E-state index is 12.6. The highest BCUT2D eigenvalue weighted by atomic mass is 32.2. The Balaban J connectivity index is 1.52. The zero-order valence-corrected chi connectivity index (χ0v) is 14.8. The summed E-state index contributed by atoms with van der Waals surface area (Å²) in [5.74, 6) is -0.0151. The van der Waals surface area contributed by atoms with Gasteiger partial charge in [-0.2, -0.15) is 0 Å². The van der Waals surface area contributed by atoms with Gasteiger partial charge in [-0.1, -0.05) is 0 Å². The van der Waals surface area contributed by atoms with E-state index in [2.05, 4.69) is 4.72 Å². The van der Waals surface area contributed by atoms with Gasteiger partial charge < -0.3 is 9.64 Å². The van der Waals surface area contributed by atoms with E-state index in [-0.39, 0.29) is 16.7 Å². The van der Waals surface area contributed by atoms with Crippen LogP contribution in [0.2, 0.25) is 0 Å². The molecule has 0 bridgehead atoms. The van der Waals surface area contributed by atoms with Crippen molar-refractivity contribution in [2.75, 3.05) is 13.2 Å². The summed E-state index contributed by atoms with van der Waals surface area (Å²) in [6.45, 7) is 2.65. The van der Waals surface area contributed by atoms with Crippen molar-refractivity contribution < 1.29 is 22.7 Å². The quantitative estimate of drug-likeness (QED) is 0.854. The normalized spacial score (nSPS) is 24.9. The first-order valence-corrected chi connectivity index (χ1v) is 9.94. The lowest BCUT2D eigenvalue weighted by molar-refractivity contribution is -0.157. The maximum absolute atomic E-state index is 12.6. The number of nitrogens with one attached hydrogen (secondary N) is 1. The van der Waals surface area contributed by atoms with Gasteiger partial charge in [0, 0.05) is 18.9 Å². The van der Waals surface area contributed by atoms with Crippen molar-refractivity contribution in [1.29, 1.82) is 0 Å². The minimum atomic E-state index is -3.99. The number of benzene rings is 1. The third kappa shape index (κ3) is 2.68. The van der Waals surface area contributed by atoms with E-state index < -0.39 is 21.5 Å². The predicted octanol–water partition coefficient (Wildman–Crippen LogP) is 0.827. The topological polar surface area (TPSA) is 92.8 Å². The molecule has 1 saturated carbocycles. The Labute approximate surface area is 146 Å². The largest absolute Gasteiger partial charge is 0.493 e. The van der Waals surface area contributed by atoms with E-state index in [0.29, 0.717) is 31.7 Å². The highest BCUT2D eigenvalue weighted by molar-refractivity contribution is 7.90. The molecule has 1 unspecified atom stereocenters. The number of likely N-dealkylation sites (tertiary alicyclic amines) is 1. The molecule has 1 N–H and O–H groups in total. The van der Waals surface area contributed by atoms with E-state index in [4.69, 9.17) is 4.74 Å². The van der Waals surface area contributed by atoms with E-state index in [9.17, 15) is 18.0 Å². The molecule has 134 valence electrons. The molecule has 4 rings (SSSR count). The number of carbonyl (C=O) groups excluding carboxylic acids is 2. The SMILES string of the molecule is CC1(C(=O)NS(=O)(=O)c2ccc3c(c2)CCO3)CCN1C(=O)C1CC1. The van der Waals surface area contributed by atoms with Crippen molar-refractivity contribution in [3.05, 3.63) is 23.8 Å². The van der Waals surface area contributed by atoms with Gasteiger partial charge in [0.1, 0.15) is 11.3 Å². The van der Waals surface area contributed by atoms with Gasteiger partial charge in [-0.25, -0.2) is 13.1 Å². The lowest BCUT2D eigenvalue weighted by Crippen LogP contribution is -2.68. The van der Waals surface area contributed by atoms with Crippen LogP contribution in [0.1, 0.15) is 31.7 Å². The standard InChI is InChI=1S/C17H20N2O5S/c1-17(7-8-19(17)15(20)11-2-3-11)16(21)18-25(22,23)13-4-5-14-12(10-13)6-9-24-14/h4-5,10-11H,2-3,6-9H2,1H3,(H,18,21). The molecule has 8 heteroatoms. The van der Waals surface area contributed by atoms with Crippen LogP contribution in [0.3, 0.4) is 0 Å². The van der Waals surface area contributed by atoms with Crippen LogP contribution < -0.4 is 9.46 Å². The summed E-state index contributed by atoms with van der Waals surface area (Å²) in [7, 11) is -3.99. The molecule has 2 aliphatic heterocycles. The van der Waals surface area contributed by atoms with E-state index in [0.717, 1.165) is 18.4 Å². The van der Waals surface area contributed by atoms with Gasteiger partial charge in [0.2, 0.25) is 5.91 Å². The summed E-state index contributed by atoms with van der Waals surface area (Å²) in [4.78, 5) is 26.4. The van der Waals surface area contributed by atoms with Crippen LogP contribution in [0.15, 0.2) is 23.1 Å². The van der Waals surface area contributed by atoms with Crippen LogP contribution in [-0.4, -0.2) is 43.8 Å². The molecular weight excluding hydrogens is 344 g/mol. The molecule has 0 spiro atoms. The first kappa shape index (κ1) is 16.4. The van der Waals surface area contributed by atoms with Gasteiger partial charge in [0.05, 0.1) is 11.5 Å². The summed E-state index contributed by atoms with van der Waals surface area (Å²) in [5.41, 5.74) is -0.275. The van der Waals surface area contributed by atoms with Crippen molar-refractivity contribution in [3.63, 3.8) is 0 Å². The Hall–Kier alpha value is -2.09. The van der Waals surface area contributed by atoms with Crippen molar-refractivity contribution in [2.24, 2.45) is 5.92 Å². The Bertz CT molecular complexity index is 862. The Morgan fingerprint density at radius 2 is 2.08 bits per heavy atom. The van der Waals surface area contributed by atoms with E-state index in [1.807, 2.05) is 0 Å². The highest BCUT2D eigenvalue weighted by Gasteiger charge is 2.53. The molecule has 1 aromatic carbocycles. The van der Waals surface area contributed by atoms with Gasteiger partial charge in [0.15, 0.2) is 0 Å². The van der Waals surface area contributed by atoms with Gasteiger partial charge in [0.25, 0.3) is 15.9 Å². The third-order valence-corrected chi connectivity index (χ3v) is 6.63. The zero-order valence-electron chi connectivity index (χ0n) is 13.9. The molecule has 1 aromatic rings. The van der Waals surface area contributed by atoms with Crippen LogP contribution in [0.5, 0.6) is 5.75 Å². The maximum Gasteiger partial charge on any atom is 0.264 e. The Kier molecular flexibility index (Phi) is 3.57. The van der Waals surface area contributed by atoms with Gasteiger partial charge in [-0.15, -0.1) is 0 Å². The molecule has 7 nitrogen and oxygen atoms in total. The number of hydrogen-bond acceptors (Lipinski definition) is 5. The zero-order chi connectivity index (χ0) is 17.8. The molecule has 2 amide bonds. The molecular formula is C17H20N2O5S. The van der Waals surface area contributed by atoms with Crippen LogP contribution >= 0.6 is 0 Å². The Morgan fingerprint density at radius 3 is 2.72 bits per heavy atom. The molecule has 25 heavy (non-hydrogen) atoms. The number of fused-ring (bicyclic) bond motifs is 1. The second-order valence-corrected chi connectivity index (χ2v) is 8.77. The average molecular weight is 364 g/mol. The lowest BCUT2D eigenvalue weighted by atomic mass is 9.85. The van der Waals surface area contributed by atoms with Crippen LogP contribution in [-0.2, 0) is 26.0 Å². The number of nitrogens with zero attached hydrogens (tertiary/aromatic N) is 1. The van der Waals surface area contributed by atoms with Gasteiger partial charge in [-0.05, 0) is 49.9 Å². The van der Waals surface area contributed by atoms with E-state index in [1.165, 1.54) is 17.0 Å². The summed E-state index contributed by atoms with van der Waals surface area (Å²) < 4.78 is 32.7. The fourth-order valence-electron chi connectivity index (χ4n) is 3.32. The Morgan fingerprint density at radius 1 is 1.32 bits per heavy atom. The fraction of sp³-hybridized carbons (Fsp3) is 0.529. The lowest BCUT2D eigenvalue weighted by Gasteiger charge is -2.49. The van der Waals surface area contributed by atoms with Crippen LogP contribution in [0.4, 0.5) is 0 Å². The molecule has 1 atom stereocenters. The molecule has 3 aliphatic rings. The third-order valence-electron chi connectivity index (χ3n) is 5.30. The van der Waals surface area contributed by atoms with Crippen molar-refractivity contribution in [2.45, 2.75) is 43.0 Å². The van der Waals surface area contributed by atoms with Crippen LogP contribution in [0.25, 0.3) is 0 Å². The molecule has 1 saturated heterocycles. The molecule has 2 fully saturated rings. The monoisotopic (exact) mass is 364 g/mol. The highest BCUT2D eigenvalue weighted by Crippen LogP contribution is 2.39. The average Bonchev–Trinajstić information content (AvgIpc) is 3.30. The summed E-state index contributed by atoms with van der Waals surface area (Å²) in [5, 5.41) is 0. The molecule has 0 radical (unpaired) electrons. The predicted molar refractivity (Wildman–Crippen MR) is 88.4 cm³/mol. The molecule has 0 aromatic heterocycles. The second kappa shape index (κ2) is 5.45. The fourth-order valence-corrected chi connectivity index (χ4v) is 4.45. The number of rotatable bonds is 4.